The van der Waals surface area contributed by atoms with Crippen molar-refractivity contribution in [1.82, 2.24) is 19.6 Å². The molecular weight excluding hydrogens is 450 g/mol. The van der Waals surface area contributed by atoms with Crippen LogP contribution in [-0.2, 0) is 10.0 Å². The number of methoxy groups -OCH3 is 1. The lowest BCUT2D eigenvalue weighted by atomic mass is 10.1. The van der Waals surface area contributed by atoms with E-state index < -0.39 is 10.0 Å². The lowest BCUT2D eigenvalue weighted by Crippen LogP contribution is -2.27. The third-order valence-electron chi connectivity index (χ3n) is 4.59. The van der Waals surface area contributed by atoms with Gasteiger partial charge in [0, 0.05) is 24.0 Å². The van der Waals surface area contributed by atoms with Gasteiger partial charge in [-0.1, -0.05) is 11.6 Å². The van der Waals surface area contributed by atoms with Gasteiger partial charge in [-0.2, -0.15) is 0 Å². The Hall–Kier alpha value is -2.72. The molecule has 0 saturated carbocycles. The summed E-state index contributed by atoms with van der Waals surface area (Å²) in [4.78, 5) is 10.8. The van der Waals surface area contributed by atoms with Crippen LogP contribution in [0.2, 0.25) is 5.02 Å². The highest BCUT2D eigenvalue weighted by Crippen LogP contribution is 2.27. The molecule has 170 valence electrons. The van der Waals surface area contributed by atoms with E-state index in [9.17, 15) is 8.42 Å². The second-order valence-corrected chi connectivity index (χ2v) is 9.46. The van der Waals surface area contributed by atoms with Crippen LogP contribution >= 0.6 is 11.6 Å². The van der Waals surface area contributed by atoms with E-state index in [-0.39, 0.29) is 9.92 Å². The Morgan fingerprint density at radius 1 is 1.09 bits per heavy atom. The van der Waals surface area contributed by atoms with Crippen LogP contribution in [0.3, 0.4) is 0 Å². The van der Waals surface area contributed by atoms with Crippen LogP contribution in [0, 0.1) is 0 Å². The average molecular weight is 476 g/mol. The number of halogens is 1. The van der Waals surface area contributed by atoms with Crippen LogP contribution in [0.25, 0.3) is 11.3 Å². The maximum absolute atomic E-state index is 12.6. The topological polar surface area (TPSA) is 96.4 Å². The van der Waals surface area contributed by atoms with Gasteiger partial charge in [0.15, 0.2) is 0 Å². The summed E-state index contributed by atoms with van der Waals surface area (Å²) in [5, 5.41) is 3.18. The Morgan fingerprint density at radius 2 is 1.84 bits per heavy atom. The van der Waals surface area contributed by atoms with Crippen LogP contribution in [0.15, 0.2) is 59.6 Å². The molecule has 0 radical (unpaired) electrons. The minimum Gasteiger partial charge on any atom is -0.497 e. The molecule has 1 heterocycles. The van der Waals surface area contributed by atoms with Crippen LogP contribution in [0.1, 0.15) is 6.42 Å². The molecule has 3 rings (SSSR count). The molecule has 0 amide bonds. The summed E-state index contributed by atoms with van der Waals surface area (Å²) < 4.78 is 32.9. The second-order valence-electron chi connectivity index (χ2n) is 7.32. The molecule has 0 aliphatic carbocycles. The number of nitrogens with one attached hydrogen (secondary N) is 2. The van der Waals surface area contributed by atoms with Crippen molar-refractivity contribution in [2.24, 2.45) is 0 Å². The molecule has 2 aromatic carbocycles. The average Bonchev–Trinajstić information content (AvgIpc) is 2.77. The first-order valence-electron chi connectivity index (χ1n) is 9.97. The van der Waals surface area contributed by atoms with Crippen molar-refractivity contribution >= 4 is 33.3 Å². The van der Waals surface area contributed by atoms with Crippen molar-refractivity contribution in [1.29, 1.82) is 0 Å². The van der Waals surface area contributed by atoms with E-state index in [1.165, 1.54) is 6.07 Å². The maximum Gasteiger partial charge on any atom is 0.242 e. The van der Waals surface area contributed by atoms with E-state index in [0.29, 0.717) is 24.6 Å². The van der Waals surface area contributed by atoms with Crippen molar-refractivity contribution in [2.45, 2.75) is 11.3 Å². The number of hydrogen-bond acceptors (Lipinski definition) is 7. The van der Waals surface area contributed by atoms with E-state index in [2.05, 4.69) is 20.0 Å². The lowest BCUT2D eigenvalue weighted by molar-refractivity contribution is 0.400. The second kappa shape index (κ2) is 10.7. The SMILES string of the molecule is COc1ccc(-c2ccnc(Nc3ccc(S(=O)(=O)NCCCN(C)C)c(Cl)c3)n2)cc1. The Kier molecular flexibility index (Phi) is 8.03. The first-order chi connectivity index (χ1) is 15.3. The molecule has 8 nitrogen and oxygen atoms in total. The minimum atomic E-state index is -3.70. The first-order valence-corrected chi connectivity index (χ1v) is 11.8. The molecule has 0 spiro atoms. The number of hydrogen-bond donors (Lipinski definition) is 2. The fourth-order valence-corrected chi connectivity index (χ4v) is 4.56. The summed E-state index contributed by atoms with van der Waals surface area (Å²) in [6, 6.07) is 14.0. The van der Waals surface area contributed by atoms with Crippen molar-refractivity contribution in [3.8, 4) is 17.0 Å². The third-order valence-corrected chi connectivity index (χ3v) is 6.54. The van der Waals surface area contributed by atoms with Gasteiger partial charge in [0.1, 0.15) is 10.6 Å². The zero-order chi connectivity index (χ0) is 23.1. The number of anilines is 2. The summed E-state index contributed by atoms with van der Waals surface area (Å²) in [6.45, 7) is 1.12. The predicted octanol–water partition coefficient (Wildman–Crippen LogP) is 3.78. The highest BCUT2D eigenvalue weighted by molar-refractivity contribution is 7.89. The minimum absolute atomic E-state index is 0.0301. The highest BCUT2D eigenvalue weighted by Gasteiger charge is 2.18. The molecule has 32 heavy (non-hydrogen) atoms. The smallest absolute Gasteiger partial charge is 0.242 e. The van der Waals surface area contributed by atoms with Crippen molar-refractivity contribution in [2.75, 3.05) is 39.6 Å². The van der Waals surface area contributed by atoms with Gasteiger partial charge in [-0.15, -0.1) is 0 Å². The van der Waals surface area contributed by atoms with Gasteiger partial charge in [-0.05, 0) is 75.6 Å². The van der Waals surface area contributed by atoms with Crippen LogP contribution < -0.4 is 14.8 Å². The molecule has 0 bridgehead atoms. The monoisotopic (exact) mass is 475 g/mol. The number of aromatic nitrogens is 2. The maximum atomic E-state index is 12.6. The van der Waals surface area contributed by atoms with Gasteiger partial charge in [0.2, 0.25) is 16.0 Å². The Bertz CT molecular complexity index is 1150. The summed E-state index contributed by atoms with van der Waals surface area (Å²) >= 11 is 6.28. The van der Waals surface area contributed by atoms with Gasteiger partial charge in [-0.3, -0.25) is 0 Å². The Labute approximate surface area is 193 Å². The molecule has 0 aliphatic heterocycles. The largest absolute Gasteiger partial charge is 0.497 e. The quantitative estimate of drug-likeness (QED) is 0.431. The van der Waals surface area contributed by atoms with Crippen molar-refractivity contribution in [3.63, 3.8) is 0 Å². The molecule has 0 unspecified atom stereocenters. The standard InChI is InChI=1S/C22H26ClN5O3S/c1-28(2)14-4-12-25-32(29,30)21-10-7-17(15-19(21)23)26-22-24-13-11-20(27-22)16-5-8-18(31-3)9-6-16/h5-11,13,15,25H,4,12,14H2,1-3H3,(H,24,26,27). The summed E-state index contributed by atoms with van der Waals surface area (Å²) in [5.74, 6) is 1.13. The summed E-state index contributed by atoms with van der Waals surface area (Å²) in [5.41, 5.74) is 2.22. The Morgan fingerprint density at radius 3 is 2.50 bits per heavy atom. The number of ether oxygens (including phenoxy) is 1. The van der Waals surface area contributed by atoms with E-state index in [0.717, 1.165) is 23.6 Å². The molecule has 0 fully saturated rings. The molecule has 1 aromatic heterocycles. The van der Waals surface area contributed by atoms with E-state index in [1.54, 1.807) is 31.5 Å². The van der Waals surface area contributed by atoms with Gasteiger partial charge in [0.25, 0.3) is 0 Å². The van der Waals surface area contributed by atoms with E-state index in [4.69, 9.17) is 16.3 Å². The Balaban J connectivity index is 1.71. The van der Waals surface area contributed by atoms with E-state index in [1.807, 2.05) is 43.3 Å². The van der Waals surface area contributed by atoms with Crippen LogP contribution in [0.5, 0.6) is 5.75 Å². The van der Waals surface area contributed by atoms with Crippen molar-refractivity contribution < 1.29 is 13.2 Å². The lowest BCUT2D eigenvalue weighted by Gasteiger charge is -2.12. The zero-order valence-corrected chi connectivity index (χ0v) is 19.7. The molecule has 10 heteroatoms. The zero-order valence-electron chi connectivity index (χ0n) is 18.2. The molecule has 0 atom stereocenters. The van der Waals surface area contributed by atoms with Crippen LogP contribution in [0.4, 0.5) is 11.6 Å². The first kappa shape index (κ1) is 23.9. The third kappa shape index (κ3) is 6.39. The molecule has 3 aromatic rings. The van der Waals surface area contributed by atoms with Crippen molar-refractivity contribution in [3.05, 3.63) is 59.8 Å². The van der Waals surface area contributed by atoms with Gasteiger partial charge < -0.3 is 15.0 Å². The fourth-order valence-electron chi connectivity index (χ4n) is 2.95. The van der Waals surface area contributed by atoms with Gasteiger partial charge >= 0.3 is 0 Å². The number of sulfonamides is 1. The molecular formula is C22H26ClN5O3S. The number of rotatable bonds is 10. The van der Waals surface area contributed by atoms with Gasteiger partial charge in [-0.25, -0.2) is 23.1 Å². The highest BCUT2D eigenvalue weighted by atomic mass is 35.5. The fraction of sp³-hybridized carbons (Fsp3) is 0.273. The normalized spacial score (nSPS) is 11.5. The number of benzene rings is 2. The van der Waals surface area contributed by atoms with Crippen LogP contribution in [-0.4, -0.2) is 57.6 Å². The number of nitrogens with zero attached hydrogens (tertiary/aromatic N) is 3. The van der Waals surface area contributed by atoms with Gasteiger partial charge in [0.05, 0.1) is 17.8 Å². The predicted molar refractivity (Wildman–Crippen MR) is 127 cm³/mol. The molecule has 0 aliphatic rings. The summed E-state index contributed by atoms with van der Waals surface area (Å²) in [6.07, 6.45) is 2.35. The molecule has 0 saturated heterocycles. The van der Waals surface area contributed by atoms with E-state index >= 15 is 0 Å². The summed E-state index contributed by atoms with van der Waals surface area (Å²) in [7, 11) is 1.79. The molecule has 2 N–H and O–H groups in total.